The van der Waals surface area contributed by atoms with Gasteiger partial charge in [0, 0.05) is 12.2 Å². The van der Waals surface area contributed by atoms with Crippen LogP contribution in [0.15, 0.2) is 41.5 Å². The first-order chi connectivity index (χ1) is 9.84. The lowest BCUT2D eigenvalue weighted by atomic mass is 10.0. The van der Waals surface area contributed by atoms with Crippen molar-refractivity contribution in [3.63, 3.8) is 0 Å². The van der Waals surface area contributed by atoms with Crippen LogP contribution >= 0.6 is 0 Å². The number of benzene rings is 2. The normalized spacial score (nSPS) is 18.9. The van der Waals surface area contributed by atoms with E-state index in [-0.39, 0.29) is 11.9 Å². The highest BCUT2D eigenvalue weighted by atomic mass is 16.5. The van der Waals surface area contributed by atoms with Crippen LogP contribution in [0.1, 0.15) is 18.4 Å². The van der Waals surface area contributed by atoms with Crippen LogP contribution in [0.25, 0.3) is 10.8 Å². The largest absolute Gasteiger partial charge is 0.507 e. The Hall–Kier alpha value is -2.07. The number of rotatable bonds is 4. The second-order valence-corrected chi connectivity index (χ2v) is 4.97. The molecular weight excluding hydrogens is 252 g/mol. The molecule has 20 heavy (non-hydrogen) atoms. The highest BCUT2D eigenvalue weighted by Crippen LogP contribution is 2.25. The molecule has 0 aliphatic carbocycles. The van der Waals surface area contributed by atoms with Crippen LogP contribution in [-0.2, 0) is 4.74 Å². The van der Waals surface area contributed by atoms with E-state index >= 15 is 0 Å². The van der Waals surface area contributed by atoms with Gasteiger partial charge in [0.15, 0.2) is 0 Å². The zero-order chi connectivity index (χ0) is 13.8. The molecule has 3 rings (SSSR count). The number of nitrogens with one attached hydrogen (secondary N) is 1. The van der Waals surface area contributed by atoms with E-state index in [1.165, 1.54) is 0 Å². The zero-order valence-corrected chi connectivity index (χ0v) is 11.2. The van der Waals surface area contributed by atoms with Crippen LogP contribution in [-0.4, -0.2) is 30.6 Å². The van der Waals surface area contributed by atoms with Gasteiger partial charge >= 0.3 is 0 Å². The molecule has 2 N–H and O–H groups in total. The van der Waals surface area contributed by atoms with E-state index in [2.05, 4.69) is 10.5 Å². The van der Waals surface area contributed by atoms with Gasteiger partial charge in [0.05, 0.1) is 18.9 Å². The van der Waals surface area contributed by atoms with Gasteiger partial charge in [-0.1, -0.05) is 30.3 Å². The minimum Gasteiger partial charge on any atom is -0.507 e. The minimum atomic E-state index is 0.242. The maximum absolute atomic E-state index is 9.98. The Morgan fingerprint density at radius 3 is 3.05 bits per heavy atom. The first-order valence-electron chi connectivity index (χ1n) is 6.93. The van der Waals surface area contributed by atoms with Crippen molar-refractivity contribution < 1.29 is 9.84 Å². The van der Waals surface area contributed by atoms with E-state index in [4.69, 9.17) is 4.74 Å². The smallest absolute Gasteiger partial charge is 0.125 e. The Kier molecular flexibility index (Phi) is 3.83. The van der Waals surface area contributed by atoms with Crippen molar-refractivity contribution in [3.8, 4) is 5.75 Å². The summed E-state index contributed by atoms with van der Waals surface area (Å²) in [6.07, 6.45) is 4.14. The maximum Gasteiger partial charge on any atom is 0.125 e. The lowest BCUT2D eigenvalue weighted by Gasteiger charge is -2.08. The number of nitrogens with zero attached hydrogens (tertiary/aromatic N) is 1. The van der Waals surface area contributed by atoms with Crippen LogP contribution in [0, 0.1) is 0 Å². The third kappa shape index (κ3) is 2.75. The molecule has 0 aromatic heterocycles. The van der Waals surface area contributed by atoms with Crippen molar-refractivity contribution in [1.29, 1.82) is 0 Å². The first-order valence-corrected chi connectivity index (χ1v) is 6.93. The number of ether oxygens (including phenoxy) is 1. The van der Waals surface area contributed by atoms with E-state index in [9.17, 15) is 5.11 Å². The van der Waals surface area contributed by atoms with Gasteiger partial charge in [0.2, 0.25) is 0 Å². The van der Waals surface area contributed by atoms with Gasteiger partial charge in [-0.25, -0.2) is 0 Å². The van der Waals surface area contributed by atoms with Crippen LogP contribution < -0.4 is 5.43 Å². The lowest BCUT2D eigenvalue weighted by Crippen LogP contribution is -2.22. The van der Waals surface area contributed by atoms with Gasteiger partial charge in [-0.3, -0.25) is 0 Å². The second-order valence-electron chi connectivity index (χ2n) is 4.97. The summed E-state index contributed by atoms with van der Waals surface area (Å²) in [7, 11) is 0. The van der Waals surface area contributed by atoms with Gasteiger partial charge in [-0.2, -0.15) is 5.10 Å². The molecule has 104 valence electrons. The Labute approximate surface area is 118 Å². The molecule has 2 aromatic rings. The summed E-state index contributed by atoms with van der Waals surface area (Å²) in [4.78, 5) is 0. The van der Waals surface area contributed by atoms with Crippen molar-refractivity contribution in [2.75, 3.05) is 13.2 Å². The molecule has 2 aromatic carbocycles. The minimum absolute atomic E-state index is 0.242. The molecule has 0 spiro atoms. The molecule has 1 heterocycles. The van der Waals surface area contributed by atoms with Gasteiger partial charge in [-0.15, -0.1) is 0 Å². The third-order valence-corrected chi connectivity index (χ3v) is 3.58. The van der Waals surface area contributed by atoms with Gasteiger partial charge < -0.3 is 15.3 Å². The van der Waals surface area contributed by atoms with E-state index in [1.807, 2.05) is 30.3 Å². The van der Waals surface area contributed by atoms with Gasteiger partial charge in [0.25, 0.3) is 0 Å². The maximum atomic E-state index is 9.98. The molecule has 1 saturated heterocycles. The molecule has 1 atom stereocenters. The number of phenolic OH excluding ortho intramolecular Hbond substituents is 1. The van der Waals surface area contributed by atoms with Crippen molar-refractivity contribution in [2.45, 2.75) is 18.9 Å². The van der Waals surface area contributed by atoms with Crippen LogP contribution in [0.4, 0.5) is 0 Å². The van der Waals surface area contributed by atoms with Gasteiger partial charge in [0.1, 0.15) is 5.75 Å². The molecule has 4 heteroatoms. The molecule has 1 aliphatic heterocycles. The van der Waals surface area contributed by atoms with Crippen molar-refractivity contribution in [1.82, 2.24) is 5.43 Å². The molecular formula is C16H18N2O2. The molecule has 0 saturated carbocycles. The Bertz CT molecular complexity index is 619. The Morgan fingerprint density at radius 1 is 1.30 bits per heavy atom. The fourth-order valence-corrected chi connectivity index (χ4v) is 2.49. The number of fused-ring (bicyclic) bond motifs is 1. The summed E-state index contributed by atoms with van der Waals surface area (Å²) >= 11 is 0. The zero-order valence-electron chi connectivity index (χ0n) is 11.2. The number of phenols is 1. The molecule has 1 aliphatic rings. The van der Waals surface area contributed by atoms with Crippen LogP contribution in [0.5, 0.6) is 5.75 Å². The molecule has 1 unspecified atom stereocenters. The summed E-state index contributed by atoms with van der Waals surface area (Å²) in [6.45, 7) is 1.56. The van der Waals surface area contributed by atoms with Crippen molar-refractivity contribution in [2.24, 2.45) is 5.10 Å². The molecule has 4 nitrogen and oxygen atoms in total. The highest BCUT2D eigenvalue weighted by molar-refractivity contribution is 6.02. The second kappa shape index (κ2) is 5.92. The number of aromatic hydroxyl groups is 1. The predicted octanol–water partition coefficient (Wildman–Crippen LogP) is 2.65. The summed E-state index contributed by atoms with van der Waals surface area (Å²) in [5.41, 5.74) is 3.74. The predicted molar refractivity (Wildman–Crippen MR) is 80.2 cm³/mol. The lowest BCUT2D eigenvalue weighted by molar-refractivity contribution is 0.110. The van der Waals surface area contributed by atoms with E-state index in [0.29, 0.717) is 6.54 Å². The SMILES string of the molecule is Oc1ccc2ccccc2c1/C=N/NCC1CCCO1. The molecule has 0 bridgehead atoms. The quantitative estimate of drug-likeness (QED) is 0.663. The number of hydrogen-bond acceptors (Lipinski definition) is 4. The average Bonchev–Trinajstić information content (AvgIpc) is 2.98. The van der Waals surface area contributed by atoms with Crippen molar-refractivity contribution in [3.05, 3.63) is 42.0 Å². The summed E-state index contributed by atoms with van der Waals surface area (Å²) < 4.78 is 5.51. The molecule has 1 fully saturated rings. The van der Waals surface area contributed by atoms with E-state index in [1.54, 1.807) is 12.3 Å². The monoisotopic (exact) mass is 270 g/mol. The van der Waals surface area contributed by atoms with Gasteiger partial charge in [-0.05, 0) is 29.7 Å². The fourth-order valence-electron chi connectivity index (χ4n) is 2.49. The third-order valence-electron chi connectivity index (χ3n) is 3.58. The summed E-state index contributed by atoms with van der Waals surface area (Å²) in [5.74, 6) is 0.242. The Morgan fingerprint density at radius 2 is 2.20 bits per heavy atom. The topological polar surface area (TPSA) is 53.9 Å². The van der Waals surface area contributed by atoms with Crippen LogP contribution in [0.2, 0.25) is 0 Å². The van der Waals surface area contributed by atoms with E-state index < -0.39 is 0 Å². The highest BCUT2D eigenvalue weighted by Gasteiger charge is 2.14. The summed E-state index contributed by atoms with van der Waals surface area (Å²) in [6, 6.07) is 11.5. The molecule has 0 amide bonds. The van der Waals surface area contributed by atoms with E-state index in [0.717, 1.165) is 35.8 Å². The van der Waals surface area contributed by atoms with Crippen molar-refractivity contribution >= 4 is 17.0 Å². The number of hydrazone groups is 1. The number of hydrogen-bond donors (Lipinski definition) is 2. The fraction of sp³-hybridized carbons (Fsp3) is 0.312. The summed E-state index contributed by atoms with van der Waals surface area (Å²) in [5, 5.41) is 16.3. The average molecular weight is 270 g/mol. The van der Waals surface area contributed by atoms with Crippen LogP contribution in [0.3, 0.4) is 0 Å². The standard InChI is InChI=1S/C16H18N2O2/c19-16-8-7-12-4-1-2-6-14(12)15(16)11-18-17-10-13-5-3-9-20-13/h1-2,4,6-8,11,13,17,19H,3,5,9-10H2/b18-11+. The Balaban J connectivity index is 1.74. The first kappa shape index (κ1) is 12.9. The molecule has 0 radical (unpaired) electrons.